The Morgan fingerprint density at radius 3 is 1.40 bits per heavy atom. The minimum absolute atomic E-state index is 0. The van der Waals surface area contributed by atoms with Crippen LogP contribution in [0.3, 0.4) is 0 Å². The molecule has 7 nitrogen and oxygen atoms in total. The van der Waals surface area contributed by atoms with Gasteiger partial charge < -0.3 is 29.6 Å². The third-order valence-corrected chi connectivity index (χ3v) is 0. The van der Waals surface area contributed by atoms with E-state index in [1.807, 2.05) is 0 Å². The van der Waals surface area contributed by atoms with Gasteiger partial charge in [-0.2, -0.15) is 0 Å². The fourth-order valence-electron chi connectivity index (χ4n) is 0. The second kappa shape index (κ2) is 13.0. The first-order chi connectivity index (χ1) is 3.41. The molecule has 58 valence electrons. The summed E-state index contributed by atoms with van der Waals surface area (Å²) in [5, 5.41) is 0. The minimum atomic E-state index is -5.14. The fourth-order valence-corrected chi connectivity index (χ4v) is 0. The molecule has 0 aliphatic rings. The summed E-state index contributed by atoms with van der Waals surface area (Å²) in [5.74, 6) is 0. The van der Waals surface area contributed by atoms with Gasteiger partial charge in [0.05, 0.1) is 7.82 Å². The normalized spacial score (nSPS) is 8.00. The van der Waals surface area contributed by atoms with E-state index in [-0.39, 0.29) is 43.2 Å². The van der Waals surface area contributed by atoms with Gasteiger partial charge in [0, 0.05) is 0 Å². The van der Waals surface area contributed by atoms with Crippen LogP contribution >= 0.6 is 16.5 Å². The maximum absolute atomic E-state index is 8.66. The fraction of sp³-hybridized carbons (Fsp3) is 0. The van der Waals surface area contributed by atoms with Gasteiger partial charge in [-0.1, -0.05) is 0 Å². The van der Waals surface area contributed by atoms with Gasteiger partial charge in [-0.3, -0.25) is 0 Å². The zero-order valence-electron chi connectivity index (χ0n) is 4.63. The van der Waals surface area contributed by atoms with Crippen LogP contribution in [0.1, 0.15) is 0 Å². The monoisotopic (exact) mass is 218 g/mol. The molecular weight excluding hydrogens is 214 g/mol. The van der Waals surface area contributed by atoms with Crippen molar-refractivity contribution in [1.29, 1.82) is 0 Å². The summed E-state index contributed by atoms with van der Waals surface area (Å²) in [5.41, 5.74) is 0. The molecule has 0 unspecified atom stereocenters. The van der Waals surface area contributed by atoms with Crippen molar-refractivity contribution in [2.45, 2.75) is 0 Å². The molecule has 0 rings (SSSR count). The van der Waals surface area contributed by atoms with Crippen molar-refractivity contribution < 1.29 is 34.2 Å². The minimum Gasteiger partial charge on any atom is -0.790 e. The van der Waals surface area contributed by atoms with Gasteiger partial charge >= 0.3 is 46.4 Å². The molecular formula is H4CaO7P2. The summed E-state index contributed by atoms with van der Waals surface area (Å²) < 4.78 is 17.1. The first-order valence-electron chi connectivity index (χ1n) is 1.13. The Bertz CT molecular complexity index is 85.5. The zero-order valence-corrected chi connectivity index (χ0v) is 8.63. The first kappa shape index (κ1) is 22.5. The van der Waals surface area contributed by atoms with Crippen LogP contribution < -0.4 is 9.79 Å². The number of phosphoric acid groups is 1. The van der Waals surface area contributed by atoms with E-state index in [2.05, 4.69) is 0 Å². The molecule has 0 radical (unpaired) electrons. The molecule has 0 aromatic heterocycles. The van der Waals surface area contributed by atoms with Crippen molar-refractivity contribution in [3.8, 4) is 0 Å². The van der Waals surface area contributed by atoms with E-state index in [0.29, 0.717) is 0 Å². The molecule has 0 aromatic carbocycles. The molecule has 0 amide bonds. The average molecular weight is 218 g/mol. The van der Waals surface area contributed by atoms with Crippen molar-refractivity contribution in [1.82, 2.24) is 0 Å². The van der Waals surface area contributed by atoms with Crippen LogP contribution in [0.15, 0.2) is 0 Å². The van der Waals surface area contributed by atoms with Gasteiger partial charge in [-0.15, -0.1) is 0 Å². The second-order valence-corrected chi connectivity index (χ2v) is 1.65. The Labute approximate surface area is 87.9 Å². The topological polar surface area (TPSA) is 152 Å². The predicted molar refractivity (Wildman–Crippen MR) is 29.0 cm³/mol. The molecule has 0 saturated carbocycles. The van der Waals surface area contributed by atoms with Crippen molar-refractivity contribution in [2.24, 2.45) is 0 Å². The van der Waals surface area contributed by atoms with E-state index in [4.69, 9.17) is 28.7 Å². The van der Waals surface area contributed by atoms with Crippen molar-refractivity contribution in [3.63, 3.8) is 0 Å². The Morgan fingerprint density at radius 1 is 1.40 bits per heavy atom. The van der Waals surface area contributed by atoms with E-state index >= 15 is 0 Å². The van der Waals surface area contributed by atoms with Crippen LogP contribution in [0.4, 0.5) is 0 Å². The third kappa shape index (κ3) is 342. The summed E-state index contributed by atoms with van der Waals surface area (Å²) in [4.78, 5) is 31.3. The SMILES string of the molecule is O.O=P([O-])([O-])O.O=PO.[Ca+2]. The van der Waals surface area contributed by atoms with E-state index in [0.717, 1.165) is 0 Å². The summed E-state index contributed by atoms with van der Waals surface area (Å²) in [6.45, 7) is 0. The maximum Gasteiger partial charge on any atom is 2.00 e. The van der Waals surface area contributed by atoms with Crippen molar-refractivity contribution in [3.05, 3.63) is 0 Å². The molecule has 4 N–H and O–H groups in total. The van der Waals surface area contributed by atoms with Gasteiger partial charge in [-0.05, 0) is 0 Å². The van der Waals surface area contributed by atoms with E-state index in [9.17, 15) is 0 Å². The predicted octanol–water partition coefficient (Wildman–Crippen LogP) is -3.21. The molecule has 0 spiro atoms. The van der Waals surface area contributed by atoms with Crippen molar-refractivity contribution >= 4 is 54.2 Å². The summed E-state index contributed by atoms with van der Waals surface area (Å²) in [7, 11) is -5.97. The van der Waals surface area contributed by atoms with Gasteiger partial charge in [0.1, 0.15) is 0 Å². The molecule has 0 aromatic rings. The average Bonchev–Trinajstić information content (AvgIpc) is 1.27. The van der Waals surface area contributed by atoms with Crippen LogP contribution in [0.5, 0.6) is 0 Å². The number of hydrogen-bond acceptors (Lipinski definition) is 4. The number of hydrogen-bond donors (Lipinski definition) is 2. The molecule has 0 saturated heterocycles. The molecule has 0 aliphatic carbocycles. The summed E-state index contributed by atoms with van der Waals surface area (Å²) >= 11 is 0. The van der Waals surface area contributed by atoms with Crippen molar-refractivity contribution in [2.75, 3.05) is 0 Å². The van der Waals surface area contributed by atoms with E-state index < -0.39 is 16.5 Å². The Balaban J connectivity index is -0.0000000326. The van der Waals surface area contributed by atoms with Gasteiger partial charge in [0.15, 0.2) is 0 Å². The molecule has 0 aliphatic heterocycles. The molecule has 0 bridgehead atoms. The maximum atomic E-state index is 8.66. The van der Waals surface area contributed by atoms with Crippen LogP contribution in [0.2, 0.25) is 0 Å². The first-order valence-corrected chi connectivity index (χ1v) is 3.39. The Hall–Kier alpha value is 1.39. The largest absolute Gasteiger partial charge is 2.00 e. The molecule has 10 heavy (non-hydrogen) atoms. The molecule has 0 heterocycles. The quantitative estimate of drug-likeness (QED) is 0.322. The smallest absolute Gasteiger partial charge is 0.790 e. The van der Waals surface area contributed by atoms with Gasteiger partial charge in [0.2, 0.25) is 0 Å². The number of rotatable bonds is 0. The van der Waals surface area contributed by atoms with Crippen LogP contribution in [0.25, 0.3) is 0 Å². The van der Waals surface area contributed by atoms with E-state index in [1.165, 1.54) is 0 Å². The Kier molecular flexibility index (Phi) is 29.3. The third-order valence-electron chi connectivity index (χ3n) is 0. The summed E-state index contributed by atoms with van der Waals surface area (Å²) in [6.07, 6.45) is 0. The van der Waals surface area contributed by atoms with Crippen LogP contribution in [0, 0.1) is 0 Å². The van der Waals surface area contributed by atoms with Crippen LogP contribution in [-0.2, 0) is 9.13 Å². The standard InChI is InChI=1S/Ca.H3O4P.HO2P.H2O/c;1-5(2,3)4;1-3-2;/h;(H3,1,2,3,4);(H,1,2);1H2/q+2;;;/p-2. The molecule has 10 heteroatoms. The Morgan fingerprint density at radius 2 is 1.40 bits per heavy atom. The van der Waals surface area contributed by atoms with Gasteiger partial charge in [0.25, 0.3) is 0 Å². The zero-order chi connectivity index (χ0) is 7.21. The second-order valence-electron chi connectivity index (χ2n) is 0.550. The van der Waals surface area contributed by atoms with Crippen LogP contribution in [-0.4, -0.2) is 53.0 Å². The molecule has 0 fully saturated rings. The van der Waals surface area contributed by atoms with E-state index in [1.54, 1.807) is 0 Å². The van der Waals surface area contributed by atoms with Gasteiger partial charge in [-0.25, -0.2) is 4.57 Å². The summed E-state index contributed by atoms with van der Waals surface area (Å²) in [6, 6.07) is 0. The molecule has 0 atom stereocenters.